The van der Waals surface area contributed by atoms with Crippen LogP contribution in [-0.4, -0.2) is 53.6 Å². The maximum atomic E-state index is 12.0. The Morgan fingerprint density at radius 1 is 1.35 bits per heavy atom. The minimum Gasteiger partial charge on any atom is -0.480 e. The molecule has 0 aromatic carbocycles. The minimum absolute atomic E-state index is 0.0375. The monoisotopic (exact) mass is 283 g/mol. The Morgan fingerprint density at radius 3 is 2.70 bits per heavy atom. The summed E-state index contributed by atoms with van der Waals surface area (Å²) in [6.07, 6.45) is 5.85. The second-order valence-corrected chi connectivity index (χ2v) is 5.46. The molecule has 20 heavy (non-hydrogen) atoms. The van der Waals surface area contributed by atoms with E-state index in [1.807, 2.05) is 0 Å². The Bertz CT molecular complexity index is 393. The van der Waals surface area contributed by atoms with Gasteiger partial charge in [-0.15, -0.1) is 0 Å². The molecule has 1 aliphatic carbocycles. The van der Waals surface area contributed by atoms with Gasteiger partial charge in [0.05, 0.1) is 0 Å². The predicted octanol–water partition coefficient (Wildman–Crippen LogP) is 0.161. The molecule has 0 spiro atoms. The standard InChI is InChI=1S/C13H21N3O4/c17-11-8-16(10(7-15-11)12(18)19)13(20)14-6-5-9-3-1-2-4-9/h9-10H,1-8H2,(H,14,20)(H,15,17)(H,18,19). The van der Waals surface area contributed by atoms with Gasteiger partial charge >= 0.3 is 12.0 Å². The van der Waals surface area contributed by atoms with Gasteiger partial charge in [0.25, 0.3) is 0 Å². The van der Waals surface area contributed by atoms with E-state index in [1.165, 1.54) is 25.7 Å². The summed E-state index contributed by atoms with van der Waals surface area (Å²) in [7, 11) is 0. The van der Waals surface area contributed by atoms with Crippen LogP contribution in [0.1, 0.15) is 32.1 Å². The fourth-order valence-electron chi connectivity index (χ4n) is 2.86. The van der Waals surface area contributed by atoms with Crippen molar-refractivity contribution in [2.24, 2.45) is 5.92 Å². The van der Waals surface area contributed by atoms with Crippen LogP contribution in [0.2, 0.25) is 0 Å². The number of hydrogen-bond donors (Lipinski definition) is 3. The quantitative estimate of drug-likeness (QED) is 0.684. The van der Waals surface area contributed by atoms with Gasteiger partial charge in [-0.2, -0.15) is 0 Å². The summed E-state index contributed by atoms with van der Waals surface area (Å²) in [5.74, 6) is -0.764. The highest BCUT2D eigenvalue weighted by Crippen LogP contribution is 2.26. The predicted molar refractivity (Wildman–Crippen MR) is 71.1 cm³/mol. The van der Waals surface area contributed by atoms with Crippen molar-refractivity contribution >= 4 is 17.9 Å². The van der Waals surface area contributed by atoms with Crippen LogP contribution in [0.4, 0.5) is 4.79 Å². The number of amides is 3. The largest absolute Gasteiger partial charge is 0.480 e. The van der Waals surface area contributed by atoms with Crippen LogP contribution in [0.3, 0.4) is 0 Å². The molecule has 0 aromatic rings. The first-order valence-electron chi connectivity index (χ1n) is 7.12. The third kappa shape index (κ3) is 3.61. The number of hydrogen-bond acceptors (Lipinski definition) is 3. The molecule has 0 radical (unpaired) electrons. The zero-order valence-corrected chi connectivity index (χ0v) is 11.4. The van der Waals surface area contributed by atoms with E-state index in [-0.39, 0.29) is 19.0 Å². The molecule has 0 bridgehead atoms. The first-order chi connectivity index (χ1) is 9.58. The molecular weight excluding hydrogens is 262 g/mol. The Hall–Kier alpha value is -1.79. The molecule has 7 nitrogen and oxygen atoms in total. The molecule has 1 unspecified atom stereocenters. The van der Waals surface area contributed by atoms with Crippen LogP contribution in [0.15, 0.2) is 0 Å². The molecule has 1 saturated heterocycles. The molecule has 1 saturated carbocycles. The van der Waals surface area contributed by atoms with E-state index in [0.717, 1.165) is 11.3 Å². The number of carbonyl (C=O) groups excluding carboxylic acids is 2. The molecule has 1 heterocycles. The molecule has 3 N–H and O–H groups in total. The van der Waals surface area contributed by atoms with Gasteiger partial charge in [0.1, 0.15) is 12.6 Å². The topological polar surface area (TPSA) is 98.7 Å². The summed E-state index contributed by atoms with van der Waals surface area (Å²) in [4.78, 5) is 35.5. The average Bonchev–Trinajstić information content (AvgIpc) is 2.91. The molecule has 2 rings (SSSR count). The first kappa shape index (κ1) is 14.6. The highest BCUT2D eigenvalue weighted by atomic mass is 16.4. The fourth-order valence-corrected chi connectivity index (χ4v) is 2.86. The Balaban J connectivity index is 1.81. The first-order valence-corrected chi connectivity index (χ1v) is 7.12. The van der Waals surface area contributed by atoms with Gasteiger partial charge in [-0.05, 0) is 12.3 Å². The maximum Gasteiger partial charge on any atom is 0.328 e. The smallest absolute Gasteiger partial charge is 0.328 e. The van der Waals surface area contributed by atoms with Gasteiger partial charge in [0.15, 0.2) is 0 Å². The highest BCUT2D eigenvalue weighted by Gasteiger charge is 2.35. The highest BCUT2D eigenvalue weighted by molar-refractivity contribution is 5.90. The number of aliphatic carboxylic acids is 1. The van der Waals surface area contributed by atoms with Crippen molar-refractivity contribution in [1.82, 2.24) is 15.5 Å². The second-order valence-electron chi connectivity index (χ2n) is 5.46. The van der Waals surface area contributed by atoms with Gasteiger partial charge in [-0.25, -0.2) is 9.59 Å². The lowest BCUT2D eigenvalue weighted by atomic mass is 10.0. The number of carboxylic acid groups (broad SMARTS) is 1. The molecule has 1 aliphatic heterocycles. The van der Waals surface area contributed by atoms with Crippen LogP contribution >= 0.6 is 0 Å². The van der Waals surface area contributed by atoms with Gasteiger partial charge in [0, 0.05) is 13.1 Å². The average molecular weight is 283 g/mol. The van der Waals surface area contributed by atoms with Crippen molar-refractivity contribution in [3.05, 3.63) is 0 Å². The summed E-state index contributed by atoms with van der Waals surface area (Å²) < 4.78 is 0. The zero-order chi connectivity index (χ0) is 14.5. The summed E-state index contributed by atoms with van der Waals surface area (Å²) in [5, 5.41) is 14.3. The van der Waals surface area contributed by atoms with E-state index in [9.17, 15) is 14.4 Å². The third-order valence-electron chi connectivity index (χ3n) is 4.03. The molecule has 2 fully saturated rings. The molecule has 0 aromatic heterocycles. The van der Waals surface area contributed by atoms with Crippen molar-refractivity contribution < 1.29 is 19.5 Å². The lowest BCUT2D eigenvalue weighted by Gasteiger charge is -2.32. The van der Waals surface area contributed by atoms with E-state index in [4.69, 9.17) is 5.11 Å². The SMILES string of the molecule is O=C1CN(C(=O)NCCC2CCCC2)C(C(=O)O)CN1. The maximum absolute atomic E-state index is 12.0. The summed E-state index contributed by atoms with van der Waals surface area (Å²) in [6.45, 7) is 0.296. The Labute approximate surface area is 117 Å². The van der Waals surface area contributed by atoms with Crippen molar-refractivity contribution in [1.29, 1.82) is 0 Å². The van der Waals surface area contributed by atoms with Crippen molar-refractivity contribution in [3.63, 3.8) is 0 Å². The molecule has 3 amide bonds. The number of piperazine rings is 1. The number of carbonyl (C=O) groups is 3. The third-order valence-corrected chi connectivity index (χ3v) is 4.03. The summed E-state index contributed by atoms with van der Waals surface area (Å²) >= 11 is 0. The van der Waals surface area contributed by atoms with Crippen LogP contribution in [0, 0.1) is 5.92 Å². The molecular formula is C13H21N3O4. The van der Waals surface area contributed by atoms with E-state index in [0.29, 0.717) is 12.5 Å². The van der Waals surface area contributed by atoms with E-state index >= 15 is 0 Å². The van der Waals surface area contributed by atoms with E-state index < -0.39 is 18.0 Å². The number of rotatable bonds is 4. The minimum atomic E-state index is -1.10. The summed E-state index contributed by atoms with van der Waals surface area (Å²) in [5.41, 5.74) is 0. The van der Waals surface area contributed by atoms with Crippen molar-refractivity contribution in [2.45, 2.75) is 38.1 Å². The Kier molecular flexibility index (Phi) is 4.81. The van der Waals surface area contributed by atoms with Gasteiger partial charge in [-0.1, -0.05) is 25.7 Å². The normalized spacial score (nSPS) is 23.5. The number of urea groups is 1. The van der Waals surface area contributed by atoms with Crippen molar-refractivity contribution in [3.8, 4) is 0 Å². The van der Waals surface area contributed by atoms with E-state index in [2.05, 4.69) is 10.6 Å². The number of nitrogens with one attached hydrogen (secondary N) is 2. The van der Waals surface area contributed by atoms with Crippen LogP contribution < -0.4 is 10.6 Å². The van der Waals surface area contributed by atoms with Crippen molar-refractivity contribution in [2.75, 3.05) is 19.6 Å². The lowest BCUT2D eigenvalue weighted by molar-refractivity contribution is -0.144. The lowest BCUT2D eigenvalue weighted by Crippen LogP contribution is -2.61. The number of nitrogens with zero attached hydrogens (tertiary/aromatic N) is 1. The molecule has 2 aliphatic rings. The molecule has 112 valence electrons. The van der Waals surface area contributed by atoms with E-state index in [1.54, 1.807) is 0 Å². The van der Waals surface area contributed by atoms with Gasteiger partial charge in [-0.3, -0.25) is 9.69 Å². The zero-order valence-electron chi connectivity index (χ0n) is 11.4. The number of carboxylic acids is 1. The van der Waals surface area contributed by atoms with Gasteiger partial charge in [0.2, 0.25) is 5.91 Å². The second kappa shape index (κ2) is 6.58. The fraction of sp³-hybridized carbons (Fsp3) is 0.769. The van der Waals surface area contributed by atoms with Crippen LogP contribution in [-0.2, 0) is 9.59 Å². The van der Waals surface area contributed by atoms with Crippen LogP contribution in [0.25, 0.3) is 0 Å². The van der Waals surface area contributed by atoms with Crippen LogP contribution in [0.5, 0.6) is 0 Å². The van der Waals surface area contributed by atoms with Gasteiger partial charge < -0.3 is 15.7 Å². The summed E-state index contributed by atoms with van der Waals surface area (Å²) in [6, 6.07) is -1.45. The molecule has 1 atom stereocenters. The Morgan fingerprint density at radius 2 is 2.05 bits per heavy atom. The molecule has 7 heteroatoms.